The molecule has 0 spiro atoms. The normalized spacial score (nSPS) is 16.2. The Morgan fingerprint density at radius 1 is 1.06 bits per heavy atom. The van der Waals surface area contributed by atoms with Crippen LogP contribution in [0.2, 0.25) is 0 Å². The minimum Gasteiger partial charge on any atom is -0.493 e. The second-order valence-electron chi connectivity index (χ2n) is 7.90. The third-order valence-electron chi connectivity index (χ3n) is 5.85. The van der Waals surface area contributed by atoms with Crippen LogP contribution in [0.5, 0.6) is 28.7 Å². The molecule has 0 aromatic heterocycles. The van der Waals surface area contributed by atoms with Crippen molar-refractivity contribution in [3.05, 3.63) is 46.2 Å². The predicted octanol–water partition coefficient (Wildman–Crippen LogP) is 3.83. The van der Waals surface area contributed by atoms with Crippen LogP contribution in [0.15, 0.2) is 24.0 Å². The van der Waals surface area contributed by atoms with Gasteiger partial charge in [0.15, 0.2) is 17.3 Å². The summed E-state index contributed by atoms with van der Waals surface area (Å²) in [5.74, 6) is 2.82. The SMILES string of the molecule is COCCCN1COc2c(cc3c(c2C)O/C(=C\c2ccc(OC)c(OC)c2OC)C3=O)C1. The minimum absolute atomic E-state index is 0.177. The molecule has 0 bridgehead atoms. The quantitative estimate of drug-likeness (QED) is 0.439. The van der Waals surface area contributed by atoms with E-state index < -0.39 is 0 Å². The van der Waals surface area contributed by atoms with Crippen molar-refractivity contribution < 1.29 is 33.2 Å². The highest BCUT2D eigenvalue weighted by atomic mass is 16.5. The summed E-state index contributed by atoms with van der Waals surface area (Å²) < 4.78 is 33.5. The van der Waals surface area contributed by atoms with Crippen molar-refractivity contribution in [1.29, 1.82) is 0 Å². The molecular formula is C25H29NO7. The van der Waals surface area contributed by atoms with Crippen LogP contribution >= 0.6 is 0 Å². The lowest BCUT2D eigenvalue weighted by molar-refractivity contribution is 0.0826. The Morgan fingerprint density at radius 2 is 1.85 bits per heavy atom. The van der Waals surface area contributed by atoms with Crippen molar-refractivity contribution >= 4 is 11.9 Å². The Bertz CT molecular complexity index is 1090. The Morgan fingerprint density at radius 3 is 2.55 bits per heavy atom. The van der Waals surface area contributed by atoms with E-state index >= 15 is 0 Å². The van der Waals surface area contributed by atoms with Gasteiger partial charge in [-0.15, -0.1) is 0 Å². The molecule has 0 fully saturated rings. The van der Waals surface area contributed by atoms with Crippen molar-refractivity contribution in [1.82, 2.24) is 4.90 Å². The fourth-order valence-corrected chi connectivity index (χ4v) is 4.25. The van der Waals surface area contributed by atoms with E-state index in [4.69, 9.17) is 28.4 Å². The summed E-state index contributed by atoms with van der Waals surface area (Å²) in [5, 5.41) is 0. The lowest BCUT2D eigenvalue weighted by atomic mass is 10.00. The van der Waals surface area contributed by atoms with Gasteiger partial charge < -0.3 is 28.4 Å². The van der Waals surface area contributed by atoms with Crippen LogP contribution in [-0.4, -0.2) is 59.0 Å². The van der Waals surface area contributed by atoms with Gasteiger partial charge in [0.1, 0.15) is 18.2 Å². The van der Waals surface area contributed by atoms with Crippen LogP contribution in [0.25, 0.3) is 6.08 Å². The number of Topliss-reactive ketones (excluding diaryl/α,β-unsaturated/α-hetero) is 1. The number of ketones is 1. The summed E-state index contributed by atoms with van der Waals surface area (Å²) in [6.07, 6.45) is 2.58. The molecule has 0 aliphatic carbocycles. The van der Waals surface area contributed by atoms with Crippen LogP contribution in [0.4, 0.5) is 0 Å². The van der Waals surface area contributed by atoms with Gasteiger partial charge in [0, 0.05) is 43.5 Å². The number of carbonyl (C=O) groups excluding carboxylic acids is 1. The van der Waals surface area contributed by atoms with Crippen LogP contribution in [-0.2, 0) is 11.3 Å². The van der Waals surface area contributed by atoms with Crippen LogP contribution < -0.4 is 23.7 Å². The topological polar surface area (TPSA) is 75.7 Å². The van der Waals surface area contributed by atoms with Crippen molar-refractivity contribution in [2.45, 2.75) is 19.9 Å². The summed E-state index contributed by atoms with van der Waals surface area (Å²) in [6.45, 7) is 4.69. The number of nitrogens with zero attached hydrogens (tertiary/aromatic N) is 1. The first-order valence-corrected chi connectivity index (χ1v) is 10.8. The maximum absolute atomic E-state index is 13.2. The number of carbonyl (C=O) groups is 1. The first-order valence-electron chi connectivity index (χ1n) is 10.8. The number of benzene rings is 2. The van der Waals surface area contributed by atoms with Gasteiger partial charge in [-0.05, 0) is 37.6 Å². The molecule has 0 saturated heterocycles. The number of fused-ring (bicyclic) bond motifs is 2. The van der Waals surface area contributed by atoms with Crippen molar-refractivity contribution in [3.63, 3.8) is 0 Å². The molecule has 2 aliphatic rings. The molecule has 4 rings (SSSR count). The molecule has 2 aromatic carbocycles. The van der Waals surface area contributed by atoms with Crippen molar-refractivity contribution in [3.8, 4) is 28.7 Å². The third-order valence-corrected chi connectivity index (χ3v) is 5.85. The highest BCUT2D eigenvalue weighted by molar-refractivity contribution is 6.15. The summed E-state index contributed by atoms with van der Waals surface area (Å²) in [7, 11) is 6.33. The molecule has 176 valence electrons. The second kappa shape index (κ2) is 9.72. The van der Waals surface area contributed by atoms with Crippen LogP contribution in [0.3, 0.4) is 0 Å². The van der Waals surface area contributed by atoms with E-state index in [0.29, 0.717) is 54.0 Å². The maximum atomic E-state index is 13.2. The lowest BCUT2D eigenvalue weighted by Crippen LogP contribution is -2.33. The molecule has 8 nitrogen and oxygen atoms in total. The van der Waals surface area contributed by atoms with Crippen molar-refractivity contribution in [2.24, 2.45) is 0 Å². The van der Waals surface area contributed by atoms with Gasteiger partial charge in [-0.1, -0.05) is 0 Å². The molecule has 2 aliphatic heterocycles. The van der Waals surface area contributed by atoms with Crippen LogP contribution in [0.1, 0.15) is 33.5 Å². The van der Waals surface area contributed by atoms with Gasteiger partial charge in [-0.3, -0.25) is 9.69 Å². The summed E-state index contributed by atoms with van der Waals surface area (Å²) >= 11 is 0. The average molecular weight is 456 g/mol. The zero-order chi connectivity index (χ0) is 23.5. The summed E-state index contributed by atoms with van der Waals surface area (Å²) in [5.41, 5.74) is 3.00. The standard InChI is InChI=1S/C25H29NO7/c1-15-22-17(13-26(14-32-22)9-6-10-28-2)11-18-21(27)20(33-23(15)18)12-16-7-8-19(29-3)25(31-5)24(16)30-4/h7-8,11-12H,6,9-10,13-14H2,1-5H3/b20-12-. The van der Waals surface area contributed by atoms with Gasteiger partial charge >= 0.3 is 0 Å². The average Bonchev–Trinajstić information content (AvgIpc) is 3.14. The molecule has 0 N–H and O–H groups in total. The Labute approximate surface area is 193 Å². The molecule has 2 aromatic rings. The summed E-state index contributed by atoms with van der Waals surface area (Å²) in [4.78, 5) is 15.4. The van der Waals surface area contributed by atoms with Gasteiger partial charge in [0.25, 0.3) is 0 Å². The molecule has 33 heavy (non-hydrogen) atoms. The Kier molecular flexibility index (Phi) is 6.76. The van der Waals surface area contributed by atoms with E-state index in [0.717, 1.165) is 29.8 Å². The van der Waals surface area contributed by atoms with E-state index in [1.54, 1.807) is 39.5 Å². The lowest BCUT2D eigenvalue weighted by Gasteiger charge is -2.30. The zero-order valence-electron chi connectivity index (χ0n) is 19.6. The van der Waals surface area contributed by atoms with Gasteiger partial charge in [0.05, 0.1) is 26.9 Å². The smallest absolute Gasteiger partial charge is 0.231 e. The predicted molar refractivity (Wildman–Crippen MR) is 123 cm³/mol. The number of ether oxygens (including phenoxy) is 6. The van der Waals surface area contributed by atoms with E-state index in [1.807, 2.05) is 13.0 Å². The number of methoxy groups -OCH3 is 4. The van der Waals surface area contributed by atoms with Crippen LogP contribution in [0, 0.1) is 6.92 Å². The molecule has 0 radical (unpaired) electrons. The molecule has 0 amide bonds. The van der Waals surface area contributed by atoms with E-state index in [-0.39, 0.29) is 11.5 Å². The van der Waals surface area contributed by atoms with Gasteiger partial charge in [-0.25, -0.2) is 0 Å². The number of rotatable bonds is 8. The maximum Gasteiger partial charge on any atom is 0.231 e. The first kappa shape index (κ1) is 22.9. The summed E-state index contributed by atoms with van der Waals surface area (Å²) in [6, 6.07) is 5.44. The largest absolute Gasteiger partial charge is 0.493 e. The molecular weight excluding hydrogens is 426 g/mol. The minimum atomic E-state index is -0.177. The van der Waals surface area contributed by atoms with E-state index in [9.17, 15) is 4.79 Å². The second-order valence-corrected chi connectivity index (χ2v) is 7.90. The van der Waals surface area contributed by atoms with E-state index in [2.05, 4.69) is 4.90 Å². The highest BCUT2D eigenvalue weighted by Crippen LogP contribution is 2.45. The van der Waals surface area contributed by atoms with Gasteiger partial charge in [0.2, 0.25) is 11.5 Å². The van der Waals surface area contributed by atoms with Crippen molar-refractivity contribution in [2.75, 3.05) is 48.3 Å². The fourth-order valence-electron chi connectivity index (χ4n) is 4.25. The molecule has 8 heteroatoms. The fraction of sp³-hybridized carbons (Fsp3) is 0.400. The van der Waals surface area contributed by atoms with E-state index in [1.165, 1.54) is 7.11 Å². The third kappa shape index (κ3) is 4.24. The van der Waals surface area contributed by atoms with Gasteiger partial charge in [-0.2, -0.15) is 0 Å². The molecule has 0 saturated carbocycles. The molecule has 0 unspecified atom stereocenters. The Balaban J connectivity index is 1.65. The molecule has 2 heterocycles. The highest BCUT2D eigenvalue weighted by Gasteiger charge is 2.34. The molecule has 0 atom stereocenters. The number of hydrogen-bond donors (Lipinski definition) is 0. The monoisotopic (exact) mass is 455 g/mol. The first-order chi connectivity index (χ1) is 16.0. The Hall–Kier alpha value is -3.23. The number of hydrogen-bond acceptors (Lipinski definition) is 8. The number of allylic oxidation sites excluding steroid dienone is 1. The zero-order valence-corrected chi connectivity index (χ0v) is 19.6.